The number of benzene rings is 1. The second-order valence-corrected chi connectivity index (χ2v) is 6.69. The first kappa shape index (κ1) is 17.5. The Hall–Kier alpha value is -0.860. The lowest BCUT2D eigenvalue weighted by molar-refractivity contribution is 0.130. The van der Waals surface area contributed by atoms with E-state index >= 15 is 0 Å². The van der Waals surface area contributed by atoms with Gasteiger partial charge in [0.15, 0.2) is 0 Å². The van der Waals surface area contributed by atoms with Gasteiger partial charge < -0.3 is 9.80 Å². The SMILES string of the molecule is CCCCCCCN1CCN(CCCc2ccccc2)CC1. The number of rotatable bonds is 10. The van der Waals surface area contributed by atoms with Crippen molar-refractivity contribution in [1.29, 1.82) is 0 Å². The zero-order valence-corrected chi connectivity index (χ0v) is 14.5. The highest BCUT2D eigenvalue weighted by molar-refractivity contribution is 5.14. The van der Waals surface area contributed by atoms with Crippen LogP contribution in [0.2, 0.25) is 0 Å². The molecule has 124 valence electrons. The second kappa shape index (κ2) is 10.8. The van der Waals surface area contributed by atoms with E-state index in [0.29, 0.717) is 0 Å². The van der Waals surface area contributed by atoms with Gasteiger partial charge in [0.1, 0.15) is 0 Å². The lowest BCUT2D eigenvalue weighted by Gasteiger charge is -2.34. The van der Waals surface area contributed by atoms with Crippen LogP contribution in [0.25, 0.3) is 0 Å². The Morgan fingerprint density at radius 3 is 1.95 bits per heavy atom. The summed E-state index contributed by atoms with van der Waals surface area (Å²) in [7, 11) is 0. The molecule has 2 heteroatoms. The maximum atomic E-state index is 2.67. The Kier molecular flexibility index (Phi) is 8.59. The van der Waals surface area contributed by atoms with Crippen LogP contribution < -0.4 is 0 Å². The second-order valence-electron chi connectivity index (χ2n) is 6.69. The Balaban J connectivity index is 1.50. The van der Waals surface area contributed by atoms with Crippen LogP contribution >= 0.6 is 0 Å². The summed E-state index contributed by atoms with van der Waals surface area (Å²) in [6.07, 6.45) is 9.52. The average molecular weight is 303 g/mol. The third-order valence-corrected chi connectivity index (χ3v) is 4.83. The van der Waals surface area contributed by atoms with Crippen LogP contribution in [0.3, 0.4) is 0 Å². The van der Waals surface area contributed by atoms with Crippen molar-refractivity contribution in [3.8, 4) is 0 Å². The fraction of sp³-hybridized carbons (Fsp3) is 0.700. The average Bonchev–Trinajstić information content (AvgIpc) is 2.57. The van der Waals surface area contributed by atoms with Crippen LogP contribution in [0.4, 0.5) is 0 Å². The maximum Gasteiger partial charge on any atom is 0.0110 e. The van der Waals surface area contributed by atoms with Gasteiger partial charge in [-0.3, -0.25) is 0 Å². The van der Waals surface area contributed by atoms with E-state index in [0.717, 1.165) is 0 Å². The molecular weight excluding hydrogens is 268 g/mol. The van der Waals surface area contributed by atoms with E-state index in [9.17, 15) is 0 Å². The molecule has 1 fully saturated rings. The smallest absolute Gasteiger partial charge is 0.0110 e. The fourth-order valence-electron chi connectivity index (χ4n) is 3.33. The van der Waals surface area contributed by atoms with Gasteiger partial charge in [-0.05, 0) is 37.9 Å². The first-order chi connectivity index (χ1) is 10.9. The van der Waals surface area contributed by atoms with Gasteiger partial charge in [0.05, 0.1) is 0 Å². The van der Waals surface area contributed by atoms with E-state index in [1.54, 1.807) is 0 Å². The summed E-state index contributed by atoms with van der Waals surface area (Å²) in [6.45, 7) is 9.96. The first-order valence-electron chi connectivity index (χ1n) is 9.37. The van der Waals surface area contributed by atoms with Crippen molar-refractivity contribution in [2.24, 2.45) is 0 Å². The summed E-state index contributed by atoms with van der Waals surface area (Å²) in [6, 6.07) is 10.9. The van der Waals surface area contributed by atoms with Crippen molar-refractivity contribution in [3.05, 3.63) is 35.9 Å². The molecule has 0 aliphatic carbocycles. The summed E-state index contributed by atoms with van der Waals surface area (Å²) >= 11 is 0. The zero-order valence-electron chi connectivity index (χ0n) is 14.5. The molecule has 2 rings (SSSR count). The largest absolute Gasteiger partial charge is 0.301 e. The zero-order chi connectivity index (χ0) is 15.5. The number of piperazine rings is 1. The van der Waals surface area contributed by atoms with Gasteiger partial charge in [-0.2, -0.15) is 0 Å². The number of unbranched alkanes of at least 4 members (excludes halogenated alkanes) is 4. The van der Waals surface area contributed by atoms with Crippen LogP contribution in [0.15, 0.2) is 30.3 Å². The standard InChI is InChI=1S/C20H34N2/c1-2-3-4-5-9-14-21-16-18-22(19-17-21)15-10-13-20-11-7-6-8-12-20/h6-8,11-12H,2-5,9-10,13-19H2,1H3. The molecule has 0 N–H and O–H groups in total. The molecule has 1 aliphatic rings. The monoisotopic (exact) mass is 302 g/mol. The molecule has 0 radical (unpaired) electrons. The highest BCUT2D eigenvalue weighted by Gasteiger charge is 2.15. The van der Waals surface area contributed by atoms with E-state index in [4.69, 9.17) is 0 Å². The van der Waals surface area contributed by atoms with Gasteiger partial charge in [-0.25, -0.2) is 0 Å². The van der Waals surface area contributed by atoms with Crippen LogP contribution in [0.1, 0.15) is 51.0 Å². The lowest BCUT2D eigenvalue weighted by Crippen LogP contribution is -2.46. The third kappa shape index (κ3) is 6.93. The van der Waals surface area contributed by atoms with Crippen LogP contribution in [0.5, 0.6) is 0 Å². The topological polar surface area (TPSA) is 6.48 Å². The summed E-state index contributed by atoms with van der Waals surface area (Å²) in [4.78, 5) is 5.32. The van der Waals surface area contributed by atoms with E-state index in [1.165, 1.54) is 89.8 Å². The molecule has 0 amide bonds. The van der Waals surface area contributed by atoms with Crippen molar-refractivity contribution >= 4 is 0 Å². The summed E-state index contributed by atoms with van der Waals surface area (Å²) in [5.74, 6) is 0. The van der Waals surface area contributed by atoms with Crippen molar-refractivity contribution < 1.29 is 0 Å². The number of nitrogens with zero attached hydrogens (tertiary/aromatic N) is 2. The molecule has 0 saturated carbocycles. The van der Waals surface area contributed by atoms with Gasteiger partial charge in [-0.1, -0.05) is 62.9 Å². The molecule has 1 aliphatic heterocycles. The molecule has 0 aromatic heterocycles. The normalized spacial score (nSPS) is 17.0. The summed E-state index contributed by atoms with van der Waals surface area (Å²) in [5, 5.41) is 0. The minimum Gasteiger partial charge on any atom is -0.301 e. The molecule has 1 aromatic carbocycles. The molecule has 2 nitrogen and oxygen atoms in total. The Morgan fingerprint density at radius 1 is 0.727 bits per heavy atom. The fourth-order valence-corrected chi connectivity index (χ4v) is 3.33. The molecule has 1 heterocycles. The van der Waals surface area contributed by atoms with Gasteiger partial charge in [0, 0.05) is 26.2 Å². The number of hydrogen-bond acceptors (Lipinski definition) is 2. The predicted octanol–water partition coefficient (Wildman–Crippen LogP) is 4.21. The summed E-state index contributed by atoms with van der Waals surface area (Å²) < 4.78 is 0. The first-order valence-corrected chi connectivity index (χ1v) is 9.37. The van der Waals surface area contributed by atoms with Gasteiger partial charge in [0.25, 0.3) is 0 Å². The van der Waals surface area contributed by atoms with E-state index < -0.39 is 0 Å². The van der Waals surface area contributed by atoms with Crippen LogP contribution in [-0.4, -0.2) is 49.1 Å². The quantitative estimate of drug-likeness (QED) is 0.597. The third-order valence-electron chi connectivity index (χ3n) is 4.83. The Morgan fingerprint density at radius 2 is 1.32 bits per heavy atom. The minimum atomic E-state index is 1.22. The highest BCUT2D eigenvalue weighted by atomic mass is 15.3. The number of hydrogen-bond donors (Lipinski definition) is 0. The lowest BCUT2D eigenvalue weighted by atomic mass is 10.1. The van der Waals surface area contributed by atoms with Crippen molar-refractivity contribution in [1.82, 2.24) is 9.80 Å². The molecule has 0 bridgehead atoms. The van der Waals surface area contributed by atoms with E-state index in [1.807, 2.05) is 0 Å². The molecule has 1 aromatic rings. The number of aryl methyl sites for hydroxylation is 1. The Labute approximate surface area is 137 Å². The highest BCUT2D eigenvalue weighted by Crippen LogP contribution is 2.08. The molecule has 22 heavy (non-hydrogen) atoms. The van der Waals surface area contributed by atoms with E-state index in [-0.39, 0.29) is 0 Å². The van der Waals surface area contributed by atoms with Crippen molar-refractivity contribution in [2.45, 2.75) is 51.9 Å². The molecule has 0 unspecified atom stereocenters. The molecular formula is C20H34N2. The van der Waals surface area contributed by atoms with Gasteiger partial charge in [-0.15, -0.1) is 0 Å². The van der Waals surface area contributed by atoms with E-state index in [2.05, 4.69) is 47.1 Å². The maximum absolute atomic E-state index is 2.67. The molecule has 1 saturated heterocycles. The van der Waals surface area contributed by atoms with Crippen molar-refractivity contribution in [3.63, 3.8) is 0 Å². The minimum absolute atomic E-state index is 1.22. The molecule has 0 atom stereocenters. The van der Waals surface area contributed by atoms with Gasteiger partial charge >= 0.3 is 0 Å². The van der Waals surface area contributed by atoms with Gasteiger partial charge in [0.2, 0.25) is 0 Å². The van der Waals surface area contributed by atoms with Crippen molar-refractivity contribution in [2.75, 3.05) is 39.3 Å². The molecule has 0 spiro atoms. The predicted molar refractivity (Wildman–Crippen MR) is 96.4 cm³/mol. The van der Waals surface area contributed by atoms with Crippen LogP contribution in [-0.2, 0) is 6.42 Å². The summed E-state index contributed by atoms with van der Waals surface area (Å²) in [5.41, 5.74) is 1.48. The Bertz CT molecular complexity index is 369. The van der Waals surface area contributed by atoms with Crippen LogP contribution in [0, 0.1) is 0 Å².